The number of nitrogens with zero attached hydrogens (tertiary/aromatic N) is 3. The lowest BCUT2D eigenvalue weighted by Crippen LogP contribution is -2.24. The number of carbonyl (C=O) groups excluding carboxylic acids is 1. The molecule has 0 spiro atoms. The van der Waals surface area contributed by atoms with E-state index < -0.39 is 0 Å². The van der Waals surface area contributed by atoms with Crippen molar-refractivity contribution in [3.63, 3.8) is 0 Å². The SMILES string of the molecule is CCOc1ccc(-n2c(SCC(=O)NN=Cc3c(OC)cc(OC)cc3OC)nc3ccccc3c2=O)cc1. The topological polar surface area (TPSA) is 113 Å². The summed E-state index contributed by atoms with van der Waals surface area (Å²) in [5.41, 5.74) is 3.96. The Morgan fingerprint density at radius 2 is 1.69 bits per heavy atom. The molecule has 39 heavy (non-hydrogen) atoms. The molecule has 4 rings (SSSR count). The van der Waals surface area contributed by atoms with Crippen LogP contribution >= 0.6 is 11.8 Å². The highest BCUT2D eigenvalue weighted by molar-refractivity contribution is 7.99. The summed E-state index contributed by atoms with van der Waals surface area (Å²) < 4.78 is 23.1. The lowest BCUT2D eigenvalue weighted by molar-refractivity contribution is -0.118. The molecule has 4 aromatic rings. The van der Waals surface area contributed by atoms with Crippen LogP contribution in [0.15, 0.2) is 75.7 Å². The first-order valence-corrected chi connectivity index (χ1v) is 13.0. The van der Waals surface area contributed by atoms with Crippen molar-refractivity contribution in [1.82, 2.24) is 15.0 Å². The maximum Gasteiger partial charge on any atom is 0.266 e. The van der Waals surface area contributed by atoms with Crippen LogP contribution in [0.2, 0.25) is 0 Å². The second-order valence-corrected chi connectivity index (χ2v) is 8.95. The van der Waals surface area contributed by atoms with Gasteiger partial charge in [0.2, 0.25) is 0 Å². The van der Waals surface area contributed by atoms with E-state index in [0.717, 1.165) is 11.8 Å². The molecule has 0 fully saturated rings. The summed E-state index contributed by atoms with van der Waals surface area (Å²) in [6.07, 6.45) is 1.43. The van der Waals surface area contributed by atoms with Gasteiger partial charge < -0.3 is 18.9 Å². The minimum absolute atomic E-state index is 0.0317. The first kappa shape index (κ1) is 27.5. The normalized spacial score (nSPS) is 11.0. The Morgan fingerprint density at radius 3 is 2.33 bits per heavy atom. The van der Waals surface area contributed by atoms with Crippen molar-refractivity contribution in [2.75, 3.05) is 33.7 Å². The predicted molar refractivity (Wildman–Crippen MR) is 151 cm³/mol. The van der Waals surface area contributed by atoms with Crippen LogP contribution in [0.3, 0.4) is 0 Å². The number of hydrazone groups is 1. The van der Waals surface area contributed by atoms with Gasteiger partial charge in [0.15, 0.2) is 5.16 Å². The molecule has 0 atom stereocenters. The van der Waals surface area contributed by atoms with Gasteiger partial charge in [0.1, 0.15) is 23.0 Å². The van der Waals surface area contributed by atoms with Crippen LogP contribution in [-0.4, -0.2) is 55.4 Å². The van der Waals surface area contributed by atoms with Crippen LogP contribution in [0, 0.1) is 0 Å². The maximum absolute atomic E-state index is 13.4. The summed E-state index contributed by atoms with van der Waals surface area (Å²) in [5.74, 6) is 1.78. The van der Waals surface area contributed by atoms with Gasteiger partial charge in [-0.1, -0.05) is 23.9 Å². The summed E-state index contributed by atoms with van der Waals surface area (Å²) in [7, 11) is 4.57. The quantitative estimate of drug-likeness (QED) is 0.129. The van der Waals surface area contributed by atoms with Gasteiger partial charge in [-0.25, -0.2) is 10.4 Å². The molecule has 10 nitrogen and oxygen atoms in total. The molecular weight excluding hydrogens is 520 g/mol. The number of fused-ring (bicyclic) bond motifs is 1. The van der Waals surface area contributed by atoms with E-state index in [1.165, 1.54) is 25.0 Å². The zero-order valence-electron chi connectivity index (χ0n) is 22.0. The number of rotatable bonds is 11. The fraction of sp³-hybridized carbons (Fsp3) is 0.214. The standard InChI is InChI=1S/C28H28N4O6S/c1-5-38-19-12-10-18(11-13-19)32-27(34)21-8-6-7-9-23(21)30-28(32)39-17-26(33)31-29-16-22-24(36-3)14-20(35-2)15-25(22)37-4/h6-16H,5,17H2,1-4H3,(H,31,33). The Balaban J connectivity index is 1.55. The number of amides is 1. The monoisotopic (exact) mass is 548 g/mol. The number of para-hydroxylation sites is 1. The Hall–Kier alpha value is -4.51. The van der Waals surface area contributed by atoms with Crippen molar-refractivity contribution in [2.24, 2.45) is 5.10 Å². The molecule has 0 unspecified atom stereocenters. The lowest BCUT2D eigenvalue weighted by atomic mass is 10.2. The van der Waals surface area contributed by atoms with Crippen molar-refractivity contribution in [2.45, 2.75) is 12.1 Å². The van der Waals surface area contributed by atoms with E-state index >= 15 is 0 Å². The molecule has 11 heteroatoms. The number of ether oxygens (including phenoxy) is 4. The van der Waals surface area contributed by atoms with Gasteiger partial charge in [0.25, 0.3) is 11.5 Å². The van der Waals surface area contributed by atoms with Gasteiger partial charge in [-0.15, -0.1) is 0 Å². The molecule has 1 heterocycles. The molecule has 202 valence electrons. The molecule has 0 saturated heterocycles. The van der Waals surface area contributed by atoms with E-state index in [4.69, 9.17) is 18.9 Å². The Morgan fingerprint density at radius 1 is 1.00 bits per heavy atom. The second kappa shape index (κ2) is 12.8. The van der Waals surface area contributed by atoms with E-state index in [1.807, 2.05) is 13.0 Å². The van der Waals surface area contributed by atoms with Gasteiger partial charge in [-0.2, -0.15) is 5.10 Å². The average molecular weight is 549 g/mol. The van der Waals surface area contributed by atoms with Gasteiger partial charge in [-0.05, 0) is 43.3 Å². The Bertz CT molecular complexity index is 1530. The molecule has 0 aliphatic rings. The third kappa shape index (κ3) is 6.32. The number of aromatic nitrogens is 2. The van der Waals surface area contributed by atoms with E-state index in [1.54, 1.807) is 61.7 Å². The van der Waals surface area contributed by atoms with Crippen molar-refractivity contribution in [3.05, 3.63) is 76.6 Å². The largest absolute Gasteiger partial charge is 0.496 e. The number of hydrogen-bond acceptors (Lipinski definition) is 9. The Kier molecular flexibility index (Phi) is 9.06. The summed E-state index contributed by atoms with van der Waals surface area (Å²) in [4.78, 5) is 30.8. The minimum atomic E-state index is -0.386. The molecule has 0 saturated carbocycles. The summed E-state index contributed by atoms with van der Waals surface area (Å²) in [6.45, 7) is 2.44. The van der Waals surface area contributed by atoms with Crippen LogP contribution in [0.5, 0.6) is 23.0 Å². The summed E-state index contributed by atoms with van der Waals surface area (Å²) in [6, 6.07) is 17.6. The first-order chi connectivity index (χ1) is 19.0. The van der Waals surface area contributed by atoms with Gasteiger partial charge >= 0.3 is 0 Å². The number of benzene rings is 3. The smallest absolute Gasteiger partial charge is 0.266 e. The third-order valence-electron chi connectivity index (χ3n) is 5.62. The van der Waals surface area contributed by atoms with Crippen LogP contribution in [0.25, 0.3) is 16.6 Å². The number of methoxy groups -OCH3 is 3. The molecule has 0 bridgehead atoms. The van der Waals surface area contributed by atoms with E-state index in [9.17, 15) is 9.59 Å². The molecular formula is C28H28N4O6S. The molecule has 1 amide bonds. The number of carbonyl (C=O) groups is 1. The average Bonchev–Trinajstić information content (AvgIpc) is 2.96. The van der Waals surface area contributed by atoms with Crippen LogP contribution < -0.4 is 29.9 Å². The fourth-order valence-electron chi connectivity index (χ4n) is 3.79. The van der Waals surface area contributed by atoms with Gasteiger partial charge in [-0.3, -0.25) is 14.2 Å². The molecule has 1 N–H and O–H groups in total. The van der Waals surface area contributed by atoms with E-state index in [-0.39, 0.29) is 17.2 Å². The summed E-state index contributed by atoms with van der Waals surface area (Å²) in [5, 5.41) is 4.91. The fourth-order valence-corrected chi connectivity index (χ4v) is 4.59. The lowest BCUT2D eigenvalue weighted by Gasteiger charge is -2.13. The van der Waals surface area contributed by atoms with E-state index in [2.05, 4.69) is 15.5 Å². The predicted octanol–water partition coefficient (Wildman–Crippen LogP) is 4.05. The Labute approximate surface area is 229 Å². The maximum atomic E-state index is 13.4. The summed E-state index contributed by atoms with van der Waals surface area (Å²) >= 11 is 1.13. The third-order valence-corrected chi connectivity index (χ3v) is 6.56. The number of hydrogen-bond donors (Lipinski definition) is 1. The molecule has 0 radical (unpaired) electrons. The zero-order chi connectivity index (χ0) is 27.8. The first-order valence-electron chi connectivity index (χ1n) is 12.0. The van der Waals surface area contributed by atoms with Crippen molar-refractivity contribution >= 4 is 34.8 Å². The molecule has 1 aromatic heterocycles. The van der Waals surface area contributed by atoms with E-state index in [0.29, 0.717) is 56.9 Å². The van der Waals surface area contributed by atoms with Crippen molar-refractivity contribution in [1.29, 1.82) is 0 Å². The van der Waals surface area contributed by atoms with Crippen LogP contribution in [0.1, 0.15) is 12.5 Å². The van der Waals surface area contributed by atoms with Crippen molar-refractivity contribution in [3.8, 4) is 28.7 Å². The molecule has 0 aliphatic carbocycles. The highest BCUT2D eigenvalue weighted by atomic mass is 32.2. The zero-order valence-corrected chi connectivity index (χ0v) is 22.8. The highest BCUT2D eigenvalue weighted by Crippen LogP contribution is 2.32. The van der Waals surface area contributed by atoms with Crippen molar-refractivity contribution < 1.29 is 23.7 Å². The van der Waals surface area contributed by atoms with Crippen LogP contribution in [-0.2, 0) is 4.79 Å². The van der Waals surface area contributed by atoms with Gasteiger partial charge in [0, 0.05) is 12.1 Å². The minimum Gasteiger partial charge on any atom is -0.496 e. The highest BCUT2D eigenvalue weighted by Gasteiger charge is 2.16. The second-order valence-electron chi connectivity index (χ2n) is 8.01. The van der Waals surface area contributed by atoms with Gasteiger partial charge in [0.05, 0.1) is 62.1 Å². The number of nitrogens with one attached hydrogen (secondary N) is 1. The molecule has 0 aliphatic heterocycles. The van der Waals surface area contributed by atoms with Crippen LogP contribution in [0.4, 0.5) is 0 Å². The number of thioether (sulfide) groups is 1. The molecule has 3 aromatic carbocycles.